The van der Waals surface area contributed by atoms with Crippen molar-refractivity contribution in [1.29, 1.82) is 0 Å². The molecule has 4 aromatic carbocycles. The Bertz CT molecular complexity index is 2220. The molecule has 0 atom stereocenters. The zero-order chi connectivity index (χ0) is 24.1. The van der Waals surface area contributed by atoms with Crippen LogP contribution in [0.4, 0.5) is 0 Å². The molecule has 37 heavy (non-hydrogen) atoms. The van der Waals surface area contributed by atoms with Crippen molar-refractivity contribution in [2.45, 2.75) is 6.42 Å². The van der Waals surface area contributed by atoms with Crippen LogP contribution in [0.5, 0.6) is 0 Å². The Hall–Kier alpha value is -4.96. The minimum atomic E-state index is 0.934. The van der Waals surface area contributed by atoms with Gasteiger partial charge in [0.1, 0.15) is 11.3 Å². The van der Waals surface area contributed by atoms with Crippen LogP contribution >= 0.6 is 0 Å². The highest BCUT2D eigenvalue weighted by Gasteiger charge is 2.26. The number of benzene rings is 4. The third-order valence-corrected chi connectivity index (χ3v) is 8.03. The van der Waals surface area contributed by atoms with E-state index in [9.17, 15) is 0 Å². The van der Waals surface area contributed by atoms with E-state index in [0.29, 0.717) is 0 Å². The number of para-hydroxylation sites is 1. The molecule has 0 unspecified atom stereocenters. The lowest BCUT2D eigenvalue weighted by Crippen LogP contribution is -1.96. The van der Waals surface area contributed by atoms with Crippen molar-refractivity contribution in [3.63, 3.8) is 0 Å². The normalized spacial score (nSPS) is 12.8. The van der Waals surface area contributed by atoms with Crippen molar-refractivity contribution >= 4 is 49.3 Å². The van der Waals surface area contributed by atoms with Gasteiger partial charge in [-0.1, -0.05) is 60.7 Å². The molecule has 0 radical (unpaired) electrons. The summed E-state index contributed by atoms with van der Waals surface area (Å²) in [6.45, 7) is 0. The zero-order valence-corrected chi connectivity index (χ0v) is 19.9. The lowest BCUT2D eigenvalue weighted by Gasteiger charge is -2.12. The van der Waals surface area contributed by atoms with Gasteiger partial charge in [0.05, 0.1) is 11.0 Å². The maximum Gasteiger partial charge on any atom is 0.146 e. The van der Waals surface area contributed by atoms with Crippen molar-refractivity contribution in [1.82, 2.24) is 18.9 Å². The number of imidazole rings is 1. The Balaban J connectivity index is 1.59. The van der Waals surface area contributed by atoms with Crippen LogP contribution in [0.25, 0.3) is 66.1 Å². The highest BCUT2D eigenvalue weighted by Crippen LogP contribution is 2.47. The molecule has 8 aromatic rings. The average molecular weight is 473 g/mol. The molecule has 0 aliphatic heterocycles. The van der Waals surface area contributed by atoms with Crippen LogP contribution in [0, 0.1) is 0 Å². The quantitative estimate of drug-likeness (QED) is 0.229. The van der Waals surface area contributed by atoms with E-state index in [1.54, 1.807) is 0 Å². The largest absolute Gasteiger partial charge is 0.309 e. The molecule has 1 aliphatic carbocycles. The molecule has 0 saturated carbocycles. The summed E-state index contributed by atoms with van der Waals surface area (Å²) in [6.07, 6.45) is 6.73. The van der Waals surface area contributed by atoms with E-state index in [1.165, 1.54) is 60.5 Å². The molecule has 9 rings (SSSR count). The first-order valence-corrected chi connectivity index (χ1v) is 12.6. The Labute approximate surface area is 212 Å². The van der Waals surface area contributed by atoms with Crippen molar-refractivity contribution < 1.29 is 0 Å². The number of hydrogen-bond donors (Lipinski definition) is 0. The van der Waals surface area contributed by atoms with Gasteiger partial charge in [-0.3, -0.25) is 4.40 Å². The summed E-state index contributed by atoms with van der Waals surface area (Å²) in [4.78, 5) is 9.57. The number of rotatable bonds is 1. The lowest BCUT2D eigenvalue weighted by atomic mass is 9.99. The zero-order valence-electron chi connectivity index (χ0n) is 19.9. The SMILES string of the molecule is c1ccc(-n2c3ccc4c5cccnc5n5ccnc5c4c3c3ccc4c(c32)-c2ccccc2C4)cc1. The van der Waals surface area contributed by atoms with E-state index < -0.39 is 0 Å². The van der Waals surface area contributed by atoms with Crippen LogP contribution in [0.15, 0.2) is 110 Å². The first-order chi connectivity index (χ1) is 18.4. The van der Waals surface area contributed by atoms with E-state index in [1.807, 2.05) is 24.7 Å². The summed E-state index contributed by atoms with van der Waals surface area (Å²) in [5.41, 5.74) is 11.0. The standard InChI is InChI=1S/C33H20N4/c1-2-8-22(9-3-1)37-27-15-14-24-25-11-6-16-34-32(25)36-18-17-35-33(36)30(24)29(27)26-13-12-21-19-20-7-4-5-10-23(20)28(21)31(26)37/h1-18H,19H2. The number of nitrogens with zero attached hydrogens (tertiary/aromatic N) is 4. The van der Waals surface area contributed by atoms with Gasteiger partial charge in [0, 0.05) is 51.4 Å². The Kier molecular flexibility index (Phi) is 3.55. The third kappa shape index (κ3) is 2.37. The maximum absolute atomic E-state index is 4.86. The van der Waals surface area contributed by atoms with E-state index in [0.717, 1.165) is 23.1 Å². The van der Waals surface area contributed by atoms with Crippen LogP contribution < -0.4 is 0 Å². The molecule has 1 aliphatic rings. The summed E-state index contributed by atoms with van der Waals surface area (Å²) >= 11 is 0. The Morgan fingerprint density at radius 3 is 2.38 bits per heavy atom. The van der Waals surface area contributed by atoms with Crippen LogP contribution in [0.1, 0.15) is 11.1 Å². The topological polar surface area (TPSA) is 35.1 Å². The maximum atomic E-state index is 4.86. The first-order valence-electron chi connectivity index (χ1n) is 12.6. The van der Waals surface area contributed by atoms with E-state index in [4.69, 9.17) is 9.97 Å². The number of fused-ring (bicyclic) bond motifs is 14. The Morgan fingerprint density at radius 1 is 0.595 bits per heavy atom. The summed E-state index contributed by atoms with van der Waals surface area (Å²) in [7, 11) is 0. The fraction of sp³-hybridized carbons (Fsp3) is 0.0303. The smallest absolute Gasteiger partial charge is 0.146 e. The van der Waals surface area contributed by atoms with Crippen LogP contribution in [-0.4, -0.2) is 18.9 Å². The fourth-order valence-corrected chi connectivity index (χ4v) is 6.57. The predicted molar refractivity (Wildman–Crippen MR) is 151 cm³/mol. The molecule has 4 nitrogen and oxygen atoms in total. The summed E-state index contributed by atoms with van der Waals surface area (Å²) in [6, 6.07) is 33.0. The van der Waals surface area contributed by atoms with Gasteiger partial charge in [0.25, 0.3) is 0 Å². The van der Waals surface area contributed by atoms with Gasteiger partial charge < -0.3 is 4.57 Å². The molecule has 0 amide bonds. The van der Waals surface area contributed by atoms with Crippen molar-refractivity contribution in [2.75, 3.05) is 0 Å². The second-order valence-electron chi connectivity index (χ2n) is 9.88. The van der Waals surface area contributed by atoms with Crippen LogP contribution in [0.3, 0.4) is 0 Å². The monoisotopic (exact) mass is 472 g/mol. The second kappa shape index (κ2) is 6.83. The van der Waals surface area contributed by atoms with E-state index in [2.05, 4.69) is 93.9 Å². The van der Waals surface area contributed by atoms with Gasteiger partial charge in [-0.2, -0.15) is 0 Å². The molecule has 4 heteroatoms. The average Bonchev–Trinajstić information content (AvgIpc) is 3.67. The lowest BCUT2D eigenvalue weighted by molar-refractivity contribution is 1.18. The van der Waals surface area contributed by atoms with Crippen LogP contribution in [-0.2, 0) is 6.42 Å². The molecule has 4 heterocycles. The molecule has 0 N–H and O–H groups in total. The summed E-state index contributed by atoms with van der Waals surface area (Å²) in [5, 5.41) is 5.99. The van der Waals surface area contributed by atoms with Gasteiger partial charge in [-0.05, 0) is 58.8 Å². The fourth-order valence-electron chi connectivity index (χ4n) is 6.57. The number of pyridine rings is 2. The van der Waals surface area contributed by atoms with E-state index in [-0.39, 0.29) is 0 Å². The molecule has 0 fully saturated rings. The molecular weight excluding hydrogens is 452 g/mol. The molecule has 0 bridgehead atoms. The molecular formula is C33H20N4. The molecule has 4 aromatic heterocycles. The third-order valence-electron chi connectivity index (χ3n) is 8.03. The minimum absolute atomic E-state index is 0.934. The molecule has 0 saturated heterocycles. The van der Waals surface area contributed by atoms with Crippen molar-refractivity contribution in [3.05, 3.63) is 121 Å². The van der Waals surface area contributed by atoms with Crippen molar-refractivity contribution in [2.24, 2.45) is 0 Å². The second-order valence-corrected chi connectivity index (χ2v) is 9.88. The van der Waals surface area contributed by atoms with Gasteiger partial charge in [-0.25, -0.2) is 9.97 Å². The minimum Gasteiger partial charge on any atom is -0.309 e. The number of hydrogen-bond acceptors (Lipinski definition) is 2. The van der Waals surface area contributed by atoms with Gasteiger partial charge in [0.15, 0.2) is 0 Å². The first kappa shape index (κ1) is 19.3. The van der Waals surface area contributed by atoms with Gasteiger partial charge in [-0.15, -0.1) is 0 Å². The Morgan fingerprint density at radius 2 is 1.43 bits per heavy atom. The summed E-state index contributed by atoms with van der Waals surface area (Å²) in [5.74, 6) is 0. The molecule has 0 spiro atoms. The van der Waals surface area contributed by atoms with Gasteiger partial charge in [0.2, 0.25) is 0 Å². The predicted octanol–water partition coefficient (Wildman–Crippen LogP) is 7.70. The molecule has 172 valence electrons. The highest BCUT2D eigenvalue weighted by atomic mass is 15.0. The summed E-state index contributed by atoms with van der Waals surface area (Å²) < 4.78 is 4.59. The van der Waals surface area contributed by atoms with Gasteiger partial charge >= 0.3 is 0 Å². The van der Waals surface area contributed by atoms with E-state index >= 15 is 0 Å². The van der Waals surface area contributed by atoms with Crippen molar-refractivity contribution in [3.8, 4) is 16.8 Å². The number of aromatic nitrogens is 4. The highest BCUT2D eigenvalue weighted by molar-refractivity contribution is 6.30. The van der Waals surface area contributed by atoms with Crippen LogP contribution in [0.2, 0.25) is 0 Å².